The van der Waals surface area contributed by atoms with Crippen LogP contribution < -0.4 is 0 Å². The maximum absolute atomic E-state index is 5.45. The van der Waals surface area contributed by atoms with Gasteiger partial charge >= 0.3 is 0 Å². The van der Waals surface area contributed by atoms with Crippen LogP contribution in [0.15, 0.2) is 0 Å². The van der Waals surface area contributed by atoms with Crippen molar-refractivity contribution in [1.29, 1.82) is 0 Å². The largest absolute Gasteiger partial charge is 0.127 e. The summed E-state index contributed by atoms with van der Waals surface area (Å²) in [5.74, 6) is 1.48. The minimum Gasteiger partial charge on any atom is -0.127 e. The van der Waals surface area contributed by atoms with Crippen LogP contribution in [0.1, 0.15) is 19.8 Å². The van der Waals surface area contributed by atoms with Gasteiger partial charge in [0.05, 0.1) is 0 Å². The SMILES string of the molecule is [CH2]CC(C)CCCl. The Balaban J connectivity index is 2.83. The van der Waals surface area contributed by atoms with E-state index in [-0.39, 0.29) is 0 Å². The highest BCUT2D eigenvalue weighted by molar-refractivity contribution is 6.17. The third-order valence-corrected chi connectivity index (χ3v) is 1.31. The fraction of sp³-hybridized carbons (Fsp3) is 0.833. The molecule has 0 aromatic heterocycles. The highest BCUT2D eigenvalue weighted by Gasteiger charge is 1.93. The molecule has 0 spiro atoms. The zero-order chi connectivity index (χ0) is 5.70. The summed E-state index contributed by atoms with van der Waals surface area (Å²) in [6.45, 7) is 5.91. The van der Waals surface area contributed by atoms with Gasteiger partial charge in [-0.05, 0) is 12.3 Å². The van der Waals surface area contributed by atoms with Crippen molar-refractivity contribution in [2.45, 2.75) is 19.8 Å². The first kappa shape index (κ1) is 7.29. The lowest BCUT2D eigenvalue weighted by molar-refractivity contribution is 0.573. The van der Waals surface area contributed by atoms with Gasteiger partial charge in [0, 0.05) is 5.88 Å². The third kappa shape index (κ3) is 4.14. The molecule has 0 aliphatic carbocycles. The number of rotatable bonds is 3. The molecule has 0 aliphatic rings. The average molecular weight is 120 g/mol. The van der Waals surface area contributed by atoms with Gasteiger partial charge in [0.1, 0.15) is 0 Å². The highest BCUT2D eigenvalue weighted by atomic mass is 35.5. The van der Waals surface area contributed by atoms with E-state index in [9.17, 15) is 0 Å². The van der Waals surface area contributed by atoms with Crippen LogP contribution in [0.5, 0.6) is 0 Å². The molecule has 7 heavy (non-hydrogen) atoms. The fourth-order valence-electron chi connectivity index (χ4n) is 0.331. The second kappa shape index (κ2) is 4.45. The van der Waals surface area contributed by atoms with Gasteiger partial charge in [0.15, 0.2) is 0 Å². The lowest BCUT2D eigenvalue weighted by atomic mass is 10.1. The lowest BCUT2D eigenvalue weighted by Gasteiger charge is -2.01. The summed E-state index contributed by atoms with van der Waals surface area (Å²) in [5.41, 5.74) is 0. The van der Waals surface area contributed by atoms with Gasteiger partial charge in [-0.3, -0.25) is 0 Å². The van der Waals surface area contributed by atoms with Gasteiger partial charge in [-0.2, -0.15) is 0 Å². The van der Waals surface area contributed by atoms with Gasteiger partial charge < -0.3 is 0 Å². The van der Waals surface area contributed by atoms with Crippen molar-refractivity contribution in [3.05, 3.63) is 6.92 Å². The topological polar surface area (TPSA) is 0 Å². The quantitative estimate of drug-likeness (QED) is 0.501. The van der Waals surface area contributed by atoms with Crippen molar-refractivity contribution in [2.75, 3.05) is 5.88 Å². The normalized spacial score (nSPS) is 14.1. The number of hydrogen-bond acceptors (Lipinski definition) is 0. The molecule has 1 radical (unpaired) electrons. The van der Waals surface area contributed by atoms with E-state index >= 15 is 0 Å². The molecular formula is C6H12Cl. The van der Waals surface area contributed by atoms with E-state index in [0.717, 1.165) is 18.7 Å². The Morgan fingerprint density at radius 3 is 2.43 bits per heavy atom. The van der Waals surface area contributed by atoms with E-state index in [1.54, 1.807) is 0 Å². The molecule has 0 aromatic carbocycles. The van der Waals surface area contributed by atoms with Crippen LogP contribution >= 0.6 is 11.6 Å². The second-order valence-corrected chi connectivity index (χ2v) is 2.25. The standard InChI is InChI=1S/C6H12Cl/c1-3-6(2)4-5-7/h6H,1,3-5H2,2H3. The zero-order valence-electron chi connectivity index (χ0n) is 4.78. The highest BCUT2D eigenvalue weighted by Crippen LogP contribution is 2.05. The molecule has 1 heteroatoms. The molecule has 43 valence electrons. The van der Waals surface area contributed by atoms with Gasteiger partial charge in [-0.1, -0.05) is 20.3 Å². The van der Waals surface area contributed by atoms with Crippen LogP contribution in [-0.4, -0.2) is 5.88 Å². The minimum absolute atomic E-state index is 0.706. The zero-order valence-corrected chi connectivity index (χ0v) is 5.54. The van der Waals surface area contributed by atoms with E-state index in [2.05, 4.69) is 13.8 Å². The summed E-state index contributed by atoms with van der Waals surface area (Å²) in [7, 11) is 0. The maximum Gasteiger partial charge on any atom is 0.0225 e. The summed E-state index contributed by atoms with van der Waals surface area (Å²) in [4.78, 5) is 0. The van der Waals surface area contributed by atoms with Crippen molar-refractivity contribution in [2.24, 2.45) is 5.92 Å². The van der Waals surface area contributed by atoms with Crippen molar-refractivity contribution in [3.63, 3.8) is 0 Å². The smallest absolute Gasteiger partial charge is 0.0225 e. The van der Waals surface area contributed by atoms with E-state index < -0.39 is 0 Å². The molecule has 0 saturated carbocycles. The van der Waals surface area contributed by atoms with Crippen molar-refractivity contribution >= 4 is 11.6 Å². The molecule has 0 nitrogen and oxygen atoms in total. The summed E-state index contributed by atoms with van der Waals surface area (Å²) < 4.78 is 0. The average Bonchev–Trinajstić information content (AvgIpc) is 1.68. The Kier molecular flexibility index (Phi) is 4.63. The predicted molar refractivity (Wildman–Crippen MR) is 34.5 cm³/mol. The van der Waals surface area contributed by atoms with E-state index in [0.29, 0.717) is 5.92 Å². The number of halogens is 1. The predicted octanol–water partition coefficient (Wildman–Crippen LogP) is 2.48. The summed E-state index contributed by atoms with van der Waals surface area (Å²) >= 11 is 5.45. The van der Waals surface area contributed by atoms with Crippen LogP contribution in [0.25, 0.3) is 0 Å². The molecule has 1 atom stereocenters. The van der Waals surface area contributed by atoms with Crippen LogP contribution in [0.4, 0.5) is 0 Å². The molecule has 0 rings (SSSR count). The summed E-state index contributed by atoms with van der Waals surface area (Å²) in [6, 6.07) is 0. The molecule has 0 fully saturated rings. The van der Waals surface area contributed by atoms with E-state index in [1.807, 2.05) is 0 Å². The van der Waals surface area contributed by atoms with E-state index in [4.69, 9.17) is 11.6 Å². The van der Waals surface area contributed by atoms with Gasteiger partial charge in [-0.15, -0.1) is 11.6 Å². The van der Waals surface area contributed by atoms with Gasteiger partial charge in [0.25, 0.3) is 0 Å². The van der Waals surface area contributed by atoms with Gasteiger partial charge in [-0.25, -0.2) is 0 Å². The summed E-state index contributed by atoms with van der Waals surface area (Å²) in [5, 5.41) is 0. The minimum atomic E-state index is 0.706. The Morgan fingerprint density at radius 1 is 1.71 bits per heavy atom. The van der Waals surface area contributed by atoms with Crippen LogP contribution in [0.3, 0.4) is 0 Å². The molecular weight excluding hydrogens is 108 g/mol. The first-order valence-electron chi connectivity index (χ1n) is 2.66. The second-order valence-electron chi connectivity index (χ2n) is 1.87. The first-order chi connectivity index (χ1) is 3.31. The van der Waals surface area contributed by atoms with Gasteiger partial charge in [0.2, 0.25) is 0 Å². The van der Waals surface area contributed by atoms with Crippen molar-refractivity contribution in [3.8, 4) is 0 Å². The number of hydrogen-bond donors (Lipinski definition) is 0. The van der Waals surface area contributed by atoms with E-state index in [1.165, 1.54) is 0 Å². The van der Waals surface area contributed by atoms with Crippen LogP contribution in [-0.2, 0) is 0 Å². The Bertz CT molecular complexity index is 35.2. The Labute approximate surface area is 50.9 Å². The van der Waals surface area contributed by atoms with Crippen LogP contribution in [0.2, 0.25) is 0 Å². The molecule has 0 aliphatic heterocycles. The monoisotopic (exact) mass is 119 g/mol. The Hall–Kier alpha value is 0.290. The molecule has 0 saturated heterocycles. The van der Waals surface area contributed by atoms with Crippen molar-refractivity contribution < 1.29 is 0 Å². The Morgan fingerprint density at radius 2 is 2.29 bits per heavy atom. The third-order valence-electron chi connectivity index (χ3n) is 1.09. The first-order valence-corrected chi connectivity index (χ1v) is 3.20. The summed E-state index contributed by atoms with van der Waals surface area (Å²) in [6.07, 6.45) is 2.11. The molecule has 0 N–H and O–H groups in total. The fourth-order valence-corrected chi connectivity index (χ4v) is 0.703. The molecule has 0 aromatic rings. The molecule has 0 heterocycles. The van der Waals surface area contributed by atoms with Crippen molar-refractivity contribution in [1.82, 2.24) is 0 Å². The lowest BCUT2D eigenvalue weighted by Crippen LogP contribution is -1.91. The maximum atomic E-state index is 5.45. The molecule has 0 bridgehead atoms. The molecule has 1 unspecified atom stereocenters. The van der Waals surface area contributed by atoms with Crippen LogP contribution in [0, 0.1) is 12.8 Å². The molecule has 0 amide bonds. The number of alkyl halides is 1.